The lowest BCUT2D eigenvalue weighted by atomic mass is 9.99. The Morgan fingerprint density at radius 3 is 2.61 bits per heavy atom. The molecule has 1 aromatic rings. The van der Waals surface area contributed by atoms with Crippen LogP contribution in [0.2, 0.25) is 0 Å². The van der Waals surface area contributed by atoms with E-state index in [1.165, 1.54) is 19.3 Å². The van der Waals surface area contributed by atoms with Crippen molar-refractivity contribution in [3.8, 4) is 0 Å². The fraction of sp³-hybridized carbons (Fsp3) is 0.562. The van der Waals surface area contributed by atoms with Gasteiger partial charge in [0.25, 0.3) is 5.91 Å². The van der Waals surface area contributed by atoms with Crippen LogP contribution in [0.15, 0.2) is 24.3 Å². The fourth-order valence-electron chi connectivity index (χ4n) is 2.10. The van der Waals surface area contributed by atoms with Crippen LogP contribution in [0.5, 0.6) is 0 Å². The Bertz CT molecular complexity index is 373. The molecule has 0 saturated heterocycles. The molecule has 2 heteroatoms. The molecule has 0 fully saturated rings. The van der Waals surface area contributed by atoms with Gasteiger partial charge < -0.3 is 5.32 Å². The minimum absolute atomic E-state index is 0.0584. The molecule has 1 atom stereocenters. The summed E-state index contributed by atoms with van der Waals surface area (Å²) in [5.41, 5.74) is 1.83. The first-order valence-corrected chi connectivity index (χ1v) is 7.02. The second-order valence-electron chi connectivity index (χ2n) is 4.94. The summed E-state index contributed by atoms with van der Waals surface area (Å²) in [6.07, 6.45) is 4.82. The number of nitrogens with one attached hydrogen (secondary N) is 1. The van der Waals surface area contributed by atoms with Gasteiger partial charge in [0.2, 0.25) is 0 Å². The van der Waals surface area contributed by atoms with Crippen molar-refractivity contribution >= 4 is 5.91 Å². The second-order valence-corrected chi connectivity index (χ2v) is 4.94. The molecule has 1 amide bonds. The van der Waals surface area contributed by atoms with Crippen LogP contribution in [0.4, 0.5) is 0 Å². The fourth-order valence-corrected chi connectivity index (χ4v) is 2.10. The molecule has 0 heterocycles. The topological polar surface area (TPSA) is 29.1 Å². The first-order valence-electron chi connectivity index (χ1n) is 7.02. The van der Waals surface area contributed by atoms with E-state index in [2.05, 4.69) is 19.2 Å². The first-order chi connectivity index (χ1) is 8.69. The quantitative estimate of drug-likeness (QED) is 0.777. The average Bonchev–Trinajstić information content (AvgIpc) is 2.39. The smallest absolute Gasteiger partial charge is 0.251 e. The van der Waals surface area contributed by atoms with Gasteiger partial charge in [-0.25, -0.2) is 0 Å². The van der Waals surface area contributed by atoms with Gasteiger partial charge in [0.15, 0.2) is 0 Å². The molecule has 1 unspecified atom stereocenters. The third-order valence-corrected chi connectivity index (χ3v) is 3.48. The number of unbranched alkanes of at least 4 members (excludes halogenated alkanes) is 1. The SMILES string of the molecule is CCCCC(CC)CNC(=O)c1ccccc1C. The zero-order valence-electron chi connectivity index (χ0n) is 11.8. The number of hydrogen-bond acceptors (Lipinski definition) is 1. The number of rotatable bonds is 7. The number of benzene rings is 1. The minimum atomic E-state index is 0.0584. The van der Waals surface area contributed by atoms with Crippen LogP contribution in [0.3, 0.4) is 0 Å². The van der Waals surface area contributed by atoms with Crippen molar-refractivity contribution in [2.24, 2.45) is 5.92 Å². The van der Waals surface area contributed by atoms with Crippen molar-refractivity contribution in [1.29, 1.82) is 0 Å². The molecular weight excluding hydrogens is 222 g/mol. The number of carbonyl (C=O) groups excluding carboxylic acids is 1. The van der Waals surface area contributed by atoms with Gasteiger partial charge in [0.1, 0.15) is 0 Å². The predicted octanol–water partition coefficient (Wildman–Crippen LogP) is 3.94. The molecule has 2 nitrogen and oxygen atoms in total. The van der Waals surface area contributed by atoms with Gasteiger partial charge in [-0.15, -0.1) is 0 Å². The van der Waals surface area contributed by atoms with Gasteiger partial charge in [-0.3, -0.25) is 4.79 Å². The summed E-state index contributed by atoms with van der Waals surface area (Å²) in [5, 5.41) is 3.06. The Labute approximate surface area is 111 Å². The summed E-state index contributed by atoms with van der Waals surface area (Å²) < 4.78 is 0. The Kier molecular flexibility index (Phi) is 6.48. The maximum absolute atomic E-state index is 12.0. The van der Waals surface area contributed by atoms with E-state index in [0.717, 1.165) is 24.1 Å². The molecular formula is C16H25NO. The van der Waals surface area contributed by atoms with Crippen LogP contribution in [0.1, 0.15) is 55.5 Å². The molecule has 0 bridgehead atoms. The van der Waals surface area contributed by atoms with Crippen molar-refractivity contribution < 1.29 is 4.79 Å². The third kappa shape index (κ3) is 4.52. The lowest BCUT2D eigenvalue weighted by molar-refractivity contribution is 0.0945. The van der Waals surface area contributed by atoms with Gasteiger partial charge in [0, 0.05) is 12.1 Å². The number of hydrogen-bond donors (Lipinski definition) is 1. The third-order valence-electron chi connectivity index (χ3n) is 3.48. The normalized spacial score (nSPS) is 12.2. The van der Waals surface area contributed by atoms with Crippen LogP contribution in [-0.4, -0.2) is 12.5 Å². The Morgan fingerprint density at radius 2 is 2.00 bits per heavy atom. The maximum Gasteiger partial charge on any atom is 0.251 e. The lowest BCUT2D eigenvalue weighted by Crippen LogP contribution is -2.29. The zero-order valence-corrected chi connectivity index (χ0v) is 11.8. The molecule has 1 N–H and O–H groups in total. The summed E-state index contributed by atoms with van der Waals surface area (Å²) >= 11 is 0. The van der Waals surface area contributed by atoms with Gasteiger partial charge in [-0.2, -0.15) is 0 Å². The standard InChI is InChI=1S/C16H25NO/c1-4-6-10-14(5-2)12-17-16(18)15-11-8-7-9-13(15)3/h7-9,11,14H,4-6,10,12H2,1-3H3,(H,17,18). The Morgan fingerprint density at radius 1 is 1.28 bits per heavy atom. The van der Waals surface area contributed by atoms with Gasteiger partial charge >= 0.3 is 0 Å². The van der Waals surface area contributed by atoms with Crippen LogP contribution in [0.25, 0.3) is 0 Å². The van der Waals surface area contributed by atoms with E-state index in [0.29, 0.717) is 5.92 Å². The number of carbonyl (C=O) groups is 1. The van der Waals surface area contributed by atoms with Gasteiger partial charge in [-0.1, -0.05) is 51.3 Å². The van der Waals surface area contributed by atoms with Gasteiger partial charge in [0.05, 0.1) is 0 Å². The molecule has 0 saturated carbocycles. The number of aryl methyl sites for hydroxylation is 1. The highest BCUT2D eigenvalue weighted by atomic mass is 16.1. The van der Waals surface area contributed by atoms with E-state index in [1.807, 2.05) is 31.2 Å². The van der Waals surface area contributed by atoms with E-state index >= 15 is 0 Å². The van der Waals surface area contributed by atoms with Crippen molar-refractivity contribution in [3.05, 3.63) is 35.4 Å². The molecule has 0 radical (unpaired) electrons. The molecule has 18 heavy (non-hydrogen) atoms. The van der Waals surface area contributed by atoms with E-state index in [1.54, 1.807) is 0 Å². The molecule has 0 spiro atoms. The monoisotopic (exact) mass is 247 g/mol. The van der Waals surface area contributed by atoms with E-state index in [-0.39, 0.29) is 5.91 Å². The highest BCUT2D eigenvalue weighted by Crippen LogP contribution is 2.12. The predicted molar refractivity (Wildman–Crippen MR) is 76.8 cm³/mol. The summed E-state index contributed by atoms with van der Waals surface area (Å²) in [5.74, 6) is 0.668. The molecule has 100 valence electrons. The Balaban J connectivity index is 2.47. The molecule has 0 aliphatic heterocycles. The van der Waals surface area contributed by atoms with Crippen LogP contribution < -0.4 is 5.32 Å². The molecule has 0 aromatic heterocycles. The van der Waals surface area contributed by atoms with Crippen LogP contribution in [-0.2, 0) is 0 Å². The van der Waals surface area contributed by atoms with Crippen molar-refractivity contribution in [2.75, 3.05) is 6.54 Å². The number of amides is 1. The van der Waals surface area contributed by atoms with Crippen molar-refractivity contribution in [2.45, 2.75) is 46.5 Å². The van der Waals surface area contributed by atoms with Crippen LogP contribution >= 0.6 is 0 Å². The largest absolute Gasteiger partial charge is 0.352 e. The highest BCUT2D eigenvalue weighted by Gasteiger charge is 2.11. The summed E-state index contributed by atoms with van der Waals surface area (Å²) in [6, 6.07) is 7.74. The van der Waals surface area contributed by atoms with Crippen molar-refractivity contribution in [1.82, 2.24) is 5.32 Å². The van der Waals surface area contributed by atoms with Crippen LogP contribution in [0, 0.1) is 12.8 Å². The van der Waals surface area contributed by atoms with Gasteiger partial charge in [-0.05, 0) is 30.9 Å². The van der Waals surface area contributed by atoms with E-state index in [9.17, 15) is 4.79 Å². The molecule has 0 aliphatic rings. The molecule has 1 aromatic carbocycles. The zero-order chi connectivity index (χ0) is 13.4. The molecule has 1 rings (SSSR count). The summed E-state index contributed by atoms with van der Waals surface area (Å²) in [6.45, 7) is 7.17. The van der Waals surface area contributed by atoms with Crippen molar-refractivity contribution in [3.63, 3.8) is 0 Å². The maximum atomic E-state index is 12.0. The minimum Gasteiger partial charge on any atom is -0.352 e. The first kappa shape index (κ1) is 14.7. The molecule has 0 aliphatic carbocycles. The van der Waals surface area contributed by atoms with E-state index < -0.39 is 0 Å². The summed E-state index contributed by atoms with van der Waals surface area (Å²) in [7, 11) is 0. The lowest BCUT2D eigenvalue weighted by Gasteiger charge is -2.15. The summed E-state index contributed by atoms with van der Waals surface area (Å²) in [4.78, 5) is 12.0. The average molecular weight is 247 g/mol. The Hall–Kier alpha value is -1.31. The highest BCUT2D eigenvalue weighted by molar-refractivity contribution is 5.95. The second kappa shape index (κ2) is 7.91. The van der Waals surface area contributed by atoms with E-state index in [4.69, 9.17) is 0 Å².